The summed E-state index contributed by atoms with van der Waals surface area (Å²) < 4.78 is 0. The molecule has 0 saturated carbocycles. The largest absolute Gasteiger partial charge is 0.372 e. The third kappa shape index (κ3) is 5.55. The van der Waals surface area contributed by atoms with Crippen LogP contribution in [0.1, 0.15) is 61.2 Å². The number of benzene rings is 1. The van der Waals surface area contributed by atoms with Crippen LogP contribution in [-0.4, -0.2) is 35.4 Å². The van der Waals surface area contributed by atoms with Crippen molar-refractivity contribution in [2.75, 3.05) is 23.3 Å². The SMILES string of the molecule is CCN(CC)c1ccc(NC(=O)c2cccc(C(=O)NC(C)(C)C)n2)c(C)c1. The van der Waals surface area contributed by atoms with Crippen LogP contribution in [0, 0.1) is 6.92 Å². The van der Waals surface area contributed by atoms with Gasteiger partial charge in [0.25, 0.3) is 11.8 Å². The fourth-order valence-electron chi connectivity index (χ4n) is 2.85. The second-order valence-corrected chi connectivity index (χ2v) is 7.74. The zero-order valence-electron chi connectivity index (χ0n) is 17.6. The van der Waals surface area contributed by atoms with Gasteiger partial charge in [-0.05, 0) is 77.4 Å². The molecule has 0 unspecified atom stereocenters. The summed E-state index contributed by atoms with van der Waals surface area (Å²) in [6, 6.07) is 10.8. The minimum atomic E-state index is -0.374. The van der Waals surface area contributed by atoms with Crippen LogP contribution in [0.4, 0.5) is 11.4 Å². The number of aromatic nitrogens is 1. The molecular formula is C22H30N4O2. The molecule has 0 aliphatic rings. The zero-order chi connectivity index (χ0) is 20.9. The highest BCUT2D eigenvalue weighted by Crippen LogP contribution is 2.23. The molecule has 6 heteroatoms. The van der Waals surface area contributed by atoms with E-state index in [4.69, 9.17) is 0 Å². The van der Waals surface area contributed by atoms with Gasteiger partial charge in [0.2, 0.25) is 0 Å². The monoisotopic (exact) mass is 382 g/mol. The Morgan fingerprint density at radius 1 is 1.00 bits per heavy atom. The van der Waals surface area contributed by atoms with Gasteiger partial charge in [0.1, 0.15) is 11.4 Å². The lowest BCUT2D eigenvalue weighted by Gasteiger charge is -2.22. The standard InChI is InChI=1S/C22H30N4O2/c1-7-26(8-2)16-12-13-17(15(3)14-16)24-20(27)18-10-9-11-19(23-18)21(28)25-22(4,5)6/h9-14H,7-8H2,1-6H3,(H,24,27)(H,25,28). The highest BCUT2D eigenvalue weighted by atomic mass is 16.2. The summed E-state index contributed by atoms with van der Waals surface area (Å²) in [7, 11) is 0. The molecule has 0 atom stereocenters. The van der Waals surface area contributed by atoms with Gasteiger partial charge >= 0.3 is 0 Å². The molecule has 1 aromatic carbocycles. The second-order valence-electron chi connectivity index (χ2n) is 7.74. The van der Waals surface area contributed by atoms with Crippen LogP contribution >= 0.6 is 0 Å². The molecule has 0 radical (unpaired) electrons. The molecule has 0 saturated heterocycles. The van der Waals surface area contributed by atoms with E-state index in [1.165, 1.54) is 0 Å². The Morgan fingerprint density at radius 2 is 1.61 bits per heavy atom. The van der Waals surface area contributed by atoms with Crippen molar-refractivity contribution in [2.24, 2.45) is 0 Å². The maximum atomic E-state index is 12.6. The number of pyridine rings is 1. The van der Waals surface area contributed by atoms with Crippen molar-refractivity contribution in [3.8, 4) is 0 Å². The Labute approximate surface area is 167 Å². The maximum absolute atomic E-state index is 12.6. The molecule has 0 aliphatic carbocycles. The summed E-state index contributed by atoms with van der Waals surface area (Å²) in [6.07, 6.45) is 0. The van der Waals surface area contributed by atoms with Crippen molar-refractivity contribution in [1.82, 2.24) is 10.3 Å². The lowest BCUT2D eigenvalue weighted by Crippen LogP contribution is -2.41. The smallest absolute Gasteiger partial charge is 0.274 e. The number of aryl methyl sites for hydroxylation is 1. The third-order valence-electron chi connectivity index (χ3n) is 4.29. The number of nitrogens with one attached hydrogen (secondary N) is 2. The number of amides is 2. The fourth-order valence-corrected chi connectivity index (χ4v) is 2.85. The van der Waals surface area contributed by atoms with Crippen LogP contribution in [0.2, 0.25) is 0 Å². The van der Waals surface area contributed by atoms with E-state index in [1.54, 1.807) is 18.2 Å². The molecule has 2 aromatic rings. The molecule has 0 aliphatic heterocycles. The first-order valence-corrected chi connectivity index (χ1v) is 9.61. The van der Waals surface area contributed by atoms with Crippen LogP contribution in [0.25, 0.3) is 0 Å². The van der Waals surface area contributed by atoms with E-state index in [1.807, 2.05) is 39.8 Å². The van der Waals surface area contributed by atoms with Gasteiger partial charge in [-0.25, -0.2) is 4.98 Å². The number of carbonyl (C=O) groups excluding carboxylic acids is 2. The van der Waals surface area contributed by atoms with Gasteiger partial charge in [0, 0.05) is 30.0 Å². The van der Waals surface area contributed by atoms with E-state index in [0.29, 0.717) is 0 Å². The van der Waals surface area contributed by atoms with Gasteiger partial charge in [-0.3, -0.25) is 9.59 Å². The number of nitrogens with zero attached hydrogens (tertiary/aromatic N) is 2. The first-order valence-electron chi connectivity index (χ1n) is 9.61. The normalized spacial score (nSPS) is 11.1. The summed E-state index contributed by atoms with van der Waals surface area (Å²) >= 11 is 0. The Hall–Kier alpha value is -2.89. The van der Waals surface area contributed by atoms with Crippen LogP contribution in [0.15, 0.2) is 36.4 Å². The zero-order valence-corrected chi connectivity index (χ0v) is 17.6. The average molecular weight is 383 g/mol. The third-order valence-corrected chi connectivity index (χ3v) is 4.29. The van der Waals surface area contributed by atoms with Gasteiger partial charge in [-0.15, -0.1) is 0 Å². The van der Waals surface area contributed by atoms with Crippen molar-refractivity contribution < 1.29 is 9.59 Å². The van der Waals surface area contributed by atoms with E-state index in [0.717, 1.165) is 30.0 Å². The Kier molecular flexibility index (Phi) is 6.78. The van der Waals surface area contributed by atoms with Crippen molar-refractivity contribution in [3.05, 3.63) is 53.3 Å². The molecule has 0 bridgehead atoms. The first-order chi connectivity index (χ1) is 13.1. The minimum absolute atomic E-state index is 0.203. The predicted molar refractivity (Wildman–Crippen MR) is 114 cm³/mol. The number of hydrogen-bond acceptors (Lipinski definition) is 4. The average Bonchev–Trinajstić information content (AvgIpc) is 2.63. The highest BCUT2D eigenvalue weighted by Gasteiger charge is 2.18. The van der Waals surface area contributed by atoms with Crippen molar-refractivity contribution >= 4 is 23.2 Å². The molecule has 6 nitrogen and oxygen atoms in total. The molecule has 28 heavy (non-hydrogen) atoms. The van der Waals surface area contributed by atoms with E-state index < -0.39 is 0 Å². The molecule has 2 rings (SSSR count). The molecule has 150 valence electrons. The van der Waals surface area contributed by atoms with Gasteiger partial charge in [-0.1, -0.05) is 6.07 Å². The predicted octanol–water partition coefficient (Wildman–Crippen LogP) is 4.02. The topological polar surface area (TPSA) is 74.3 Å². The second kappa shape index (κ2) is 8.87. The summed E-state index contributed by atoms with van der Waals surface area (Å²) in [5.74, 6) is -0.647. The van der Waals surface area contributed by atoms with Gasteiger partial charge in [0.15, 0.2) is 0 Å². The fraction of sp³-hybridized carbons (Fsp3) is 0.409. The molecule has 1 aromatic heterocycles. The van der Waals surface area contributed by atoms with E-state index in [2.05, 4.69) is 40.4 Å². The van der Waals surface area contributed by atoms with Crippen molar-refractivity contribution in [3.63, 3.8) is 0 Å². The first kappa shape index (κ1) is 21.4. The quantitative estimate of drug-likeness (QED) is 0.791. The van der Waals surface area contributed by atoms with Crippen LogP contribution in [0.5, 0.6) is 0 Å². The van der Waals surface area contributed by atoms with Crippen LogP contribution < -0.4 is 15.5 Å². The highest BCUT2D eigenvalue weighted by molar-refractivity contribution is 6.04. The summed E-state index contributed by atoms with van der Waals surface area (Å²) in [5, 5.41) is 5.74. The Bertz CT molecular complexity index is 852. The summed E-state index contributed by atoms with van der Waals surface area (Å²) in [6.45, 7) is 13.7. The van der Waals surface area contributed by atoms with E-state index in [9.17, 15) is 9.59 Å². The van der Waals surface area contributed by atoms with E-state index in [-0.39, 0.29) is 28.7 Å². The molecule has 0 fully saturated rings. The summed E-state index contributed by atoms with van der Waals surface area (Å²) in [4.78, 5) is 31.4. The van der Waals surface area contributed by atoms with Crippen LogP contribution in [-0.2, 0) is 0 Å². The maximum Gasteiger partial charge on any atom is 0.274 e. The molecule has 1 heterocycles. The lowest BCUT2D eigenvalue weighted by atomic mass is 10.1. The number of rotatable bonds is 6. The molecule has 0 spiro atoms. The minimum Gasteiger partial charge on any atom is -0.372 e. The molecule has 2 N–H and O–H groups in total. The molecular weight excluding hydrogens is 352 g/mol. The number of carbonyl (C=O) groups is 2. The Morgan fingerprint density at radius 3 is 2.14 bits per heavy atom. The van der Waals surface area contributed by atoms with Gasteiger partial charge < -0.3 is 15.5 Å². The number of hydrogen-bond donors (Lipinski definition) is 2. The van der Waals surface area contributed by atoms with E-state index >= 15 is 0 Å². The lowest BCUT2D eigenvalue weighted by molar-refractivity contribution is 0.0914. The van der Waals surface area contributed by atoms with Crippen LogP contribution in [0.3, 0.4) is 0 Å². The van der Waals surface area contributed by atoms with Gasteiger partial charge in [-0.2, -0.15) is 0 Å². The van der Waals surface area contributed by atoms with Crippen molar-refractivity contribution in [2.45, 2.75) is 47.1 Å². The molecule has 2 amide bonds. The van der Waals surface area contributed by atoms with Gasteiger partial charge in [0.05, 0.1) is 0 Å². The Balaban J connectivity index is 2.17. The summed E-state index contributed by atoms with van der Waals surface area (Å²) in [5.41, 5.74) is 2.87. The number of anilines is 2. The van der Waals surface area contributed by atoms with Crippen molar-refractivity contribution in [1.29, 1.82) is 0 Å².